The normalized spacial score (nSPS) is 10.5. The third-order valence-corrected chi connectivity index (χ3v) is 3.33. The first-order valence-corrected chi connectivity index (χ1v) is 7.00. The van der Waals surface area contributed by atoms with Crippen molar-refractivity contribution >= 4 is 28.7 Å². The number of hydrogen-bond acceptors (Lipinski definition) is 5. The number of carbonyl (C=O) groups excluding carboxylic acids is 2. The molecule has 0 bridgehead atoms. The molecule has 23 heavy (non-hydrogen) atoms. The minimum absolute atomic E-state index is 0.264. The molecule has 0 fully saturated rings. The van der Waals surface area contributed by atoms with Gasteiger partial charge < -0.3 is 14.5 Å². The van der Waals surface area contributed by atoms with Gasteiger partial charge in [-0.05, 0) is 30.7 Å². The molecule has 0 radical (unpaired) electrons. The molecule has 6 heteroatoms. The van der Waals surface area contributed by atoms with Crippen molar-refractivity contribution in [3.05, 3.63) is 60.0 Å². The molecule has 0 aliphatic carbocycles. The summed E-state index contributed by atoms with van der Waals surface area (Å²) in [5, 5.41) is 2.70. The lowest BCUT2D eigenvalue weighted by Crippen LogP contribution is -2.21. The maximum atomic E-state index is 12.1. The van der Waals surface area contributed by atoms with Gasteiger partial charge in [0, 0.05) is 5.69 Å². The van der Waals surface area contributed by atoms with Crippen molar-refractivity contribution in [1.82, 2.24) is 4.98 Å². The van der Waals surface area contributed by atoms with Crippen LogP contribution in [0.4, 0.5) is 5.69 Å². The second-order valence-corrected chi connectivity index (χ2v) is 4.94. The van der Waals surface area contributed by atoms with Gasteiger partial charge in [-0.15, -0.1) is 0 Å². The predicted molar refractivity (Wildman–Crippen MR) is 84.1 cm³/mol. The quantitative estimate of drug-likeness (QED) is 0.749. The number of benzene rings is 2. The van der Waals surface area contributed by atoms with Gasteiger partial charge in [-0.25, -0.2) is 9.78 Å². The molecule has 0 aliphatic heterocycles. The number of para-hydroxylation sites is 2. The fourth-order valence-corrected chi connectivity index (χ4v) is 2.16. The van der Waals surface area contributed by atoms with E-state index in [1.165, 1.54) is 6.39 Å². The van der Waals surface area contributed by atoms with Crippen molar-refractivity contribution in [2.75, 3.05) is 11.9 Å². The molecule has 0 saturated heterocycles. The molecule has 6 nitrogen and oxygen atoms in total. The Morgan fingerprint density at radius 3 is 2.83 bits per heavy atom. The van der Waals surface area contributed by atoms with Crippen LogP contribution in [0.25, 0.3) is 11.1 Å². The summed E-state index contributed by atoms with van der Waals surface area (Å²) in [6.07, 6.45) is 1.26. The van der Waals surface area contributed by atoms with Crippen molar-refractivity contribution in [3.63, 3.8) is 0 Å². The minimum atomic E-state index is -0.621. The molecule has 116 valence electrons. The van der Waals surface area contributed by atoms with Crippen LogP contribution in [0.5, 0.6) is 0 Å². The number of aryl methyl sites for hydroxylation is 1. The van der Waals surface area contributed by atoms with Crippen molar-refractivity contribution in [1.29, 1.82) is 0 Å². The van der Waals surface area contributed by atoms with E-state index in [0.717, 1.165) is 5.56 Å². The average molecular weight is 310 g/mol. The van der Waals surface area contributed by atoms with Gasteiger partial charge in [0.05, 0.1) is 5.56 Å². The number of anilines is 1. The van der Waals surface area contributed by atoms with Crippen LogP contribution in [0.2, 0.25) is 0 Å². The molecule has 3 rings (SSSR count). The molecule has 0 spiro atoms. The first-order chi connectivity index (χ1) is 11.1. The molecule has 1 heterocycles. The van der Waals surface area contributed by atoms with E-state index in [1.54, 1.807) is 24.3 Å². The number of aromatic nitrogens is 1. The van der Waals surface area contributed by atoms with E-state index in [9.17, 15) is 9.59 Å². The number of fused-ring (bicyclic) bond motifs is 1. The zero-order valence-electron chi connectivity index (χ0n) is 12.4. The standard InChI is InChI=1S/C17H14N2O4/c1-11-5-2-3-7-13(11)19-15(20)9-22-17(21)12-6-4-8-14-16(12)18-10-23-14/h2-8,10H,9H2,1H3,(H,19,20). The molecular weight excluding hydrogens is 296 g/mol. The average Bonchev–Trinajstić information content (AvgIpc) is 3.03. The third-order valence-electron chi connectivity index (χ3n) is 3.33. The Morgan fingerprint density at radius 1 is 1.17 bits per heavy atom. The van der Waals surface area contributed by atoms with E-state index >= 15 is 0 Å². The largest absolute Gasteiger partial charge is 0.452 e. The lowest BCUT2D eigenvalue weighted by molar-refractivity contribution is -0.119. The van der Waals surface area contributed by atoms with Gasteiger partial charge in [-0.2, -0.15) is 0 Å². The fraction of sp³-hybridized carbons (Fsp3) is 0.118. The van der Waals surface area contributed by atoms with Crippen LogP contribution < -0.4 is 5.32 Å². The number of carbonyl (C=O) groups is 2. The Balaban J connectivity index is 1.64. The zero-order valence-corrected chi connectivity index (χ0v) is 12.4. The molecule has 2 aromatic carbocycles. The van der Waals surface area contributed by atoms with Crippen LogP contribution in [0.15, 0.2) is 53.3 Å². The number of nitrogens with zero attached hydrogens (tertiary/aromatic N) is 1. The van der Waals surface area contributed by atoms with Crippen molar-refractivity contribution in [2.24, 2.45) is 0 Å². The second kappa shape index (κ2) is 6.31. The van der Waals surface area contributed by atoms with Crippen LogP contribution in [-0.2, 0) is 9.53 Å². The van der Waals surface area contributed by atoms with Crippen LogP contribution >= 0.6 is 0 Å². The molecule has 1 amide bonds. The number of oxazole rings is 1. The number of hydrogen-bond donors (Lipinski definition) is 1. The monoisotopic (exact) mass is 310 g/mol. The molecule has 0 atom stereocenters. The number of nitrogens with one attached hydrogen (secondary N) is 1. The third kappa shape index (κ3) is 3.21. The first kappa shape index (κ1) is 14.8. The van der Waals surface area contributed by atoms with E-state index in [-0.39, 0.29) is 12.2 Å². The Hall–Kier alpha value is -3.15. The van der Waals surface area contributed by atoms with E-state index in [1.807, 2.05) is 25.1 Å². The molecule has 0 aliphatic rings. The van der Waals surface area contributed by atoms with E-state index in [4.69, 9.17) is 9.15 Å². The van der Waals surface area contributed by atoms with Gasteiger partial charge in [0.2, 0.25) is 0 Å². The highest BCUT2D eigenvalue weighted by molar-refractivity contribution is 6.02. The summed E-state index contributed by atoms with van der Waals surface area (Å²) >= 11 is 0. The molecular formula is C17H14N2O4. The maximum absolute atomic E-state index is 12.1. The van der Waals surface area contributed by atoms with Gasteiger partial charge in [-0.3, -0.25) is 4.79 Å². The topological polar surface area (TPSA) is 81.4 Å². The second-order valence-electron chi connectivity index (χ2n) is 4.94. The summed E-state index contributed by atoms with van der Waals surface area (Å²) in [7, 11) is 0. The lowest BCUT2D eigenvalue weighted by atomic mass is 10.2. The Bertz CT molecular complexity index is 870. The highest BCUT2D eigenvalue weighted by atomic mass is 16.5. The van der Waals surface area contributed by atoms with Gasteiger partial charge in [0.25, 0.3) is 5.91 Å². The van der Waals surface area contributed by atoms with Crippen LogP contribution in [0.1, 0.15) is 15.9 Å². The summed E-state index contributed by atoms with van der Waals surface area (Å²) in [6.45, 7) is 1.51. The Kier molecular flexibility index (Phi) is 4.05. The predicted octanol–water partition coefficient (Wildman–Crippen LogP) is 2.93. The number of amides is 1. The van der Waals surface area contributed by atoms with Crippen molar-refractivity contribution < 1.29 is 18.7 Å². The molecule has 1 N–H and O–H groups in total. The van der Waals surface area contributed by atoms with Gasteiger partial charge in [-0.1, -0.05) is 24.3 Å². The van der Waals surface area contributed by atoms with Crippen LogP contribution in [-0.4, -0.2) is 23.5 Å². The molecule has 3 aromatic rings. The summed E-state index contributed by atoms with van der Waals surface area (Å²) in [5.74, 6) is -1.02. The highest BCUT2D eigenvalue weighted by Crippen LogP contribution is 2.18. The van der Waals surface area contributed by atoms with Crippen molar-refractivity contribution in [3.8, 4) is 0 Å². The summed E-state index contributed by atoms with van der Waals surface area (Å²) in [5.41, 5.74) is 2.78. The van der Waals surface area contributed by atoms with E-state index < -0.39 is 11.9 Å². The first-order valence-electron chi connectivity index (χ1n) is 7.00. The molecule has 0 saturated carbocycles. The van der Waals surface area contributed by atoms with E-state index in [2.05, 4.69) is 10.3 Å². The van der Waals surface area contributed by atoms with Gasteiger partial charge >= 0.3 is 5.97 Å². The van der Waals surface area contributed by atoms with Crippen LogP contribution in [0, 0.1) is 6.92 Å². The highest BCUT2D eigenvalue weighted by Gasteiger charge is 2.15. The lowest BCUT2D eigenvalue weighted by Gasteiger charge is -2.08. The zero-order chi connectivity index (χ0) is 16.2. The van der Waals surface area contributed by atoms with Crippen molar-refractivity contribution in [2.45, 2.75) is 6.92 Å². The van der Waals surface area contributed by atoms with E-state index in [0.29, 0.717) is 16.8 Å². The summed E-state index contributed by atoms with van der Waals surface area (Å²) in [6, 6.07) is 12.3. The number of ether oxygens (including phenoxy) is 1. The smallest absolute Gasteiger partial charge is 0.340 e. The van der Waals surface area contributed by atoms with Gasteiger partial charge in [0.1, 0.15) is 5.52 Å². The summed E-state index contributed by atoms with van der Waals surface area (Å²) < 4.78 is 10.2. The Labute approximate surface area is 132 Å². The Morgan fingerprint density at radius 2 is 2.00 bits per heavy atom. The van der Waals surface area contributed by atoms with Gasteiger partial charge in [0.15, 0.2) is 18.6 Å². The molecule has 0 unspecified atom stereocenters. The number of rotatable bonds is 4. The number of esters is 1. The van der Waals surface area contributed by atoms with Crippen LogP contribution in [0.3, 0.4) is 0 Å². The fourth-order valence-electron chi connectivity index (χ4n) is 2.16. The summed E-state index contributed by atoms with van der Waals surface area (Å²) in [4.78, 5) is 28.0. The molecule has 1 aromatic heterocycles. The SMILES string of the molecule is Cc1ccccc1NC(=O)COC(=O)c1cccc2ocnc12. The maximum Gasteiger partial charge on any atom is 0.340 e. The minimum Gasteiger partial charge on any atom is -0.452 e.